The summed E-state index contributed by atoms with van der Waals surface area (Å²) in [5.74, 6) is -1.24. The Morgan fingerprint density at radius 3 is 2.43 bits per heavy atom. The van der Waals surface area contributed by atoms with Gasteiger partial charge < -0.3 is 10.4 Å². The molecule has 1 aliphatic carbocycles. The van der Waals surface area contributed by atoms with Gasteiger partial charge >= 0.3 is 5.97 Å². The monoisotopic (exact) mass is 407 g/mol. The number of benzene rings is 1. The van der Waals surface area contributed by atoms with Crippen molar-refractivity contribution in [2.24, 2.45) is 5.92 Å². The molecule has 2 fully saturated rings. The fraction of sp³-hybridized carbons (Fsp3) is 0.550. The van der Waals surface area contributed by atoms with Crippen molar-refractivity contribution in [2.75, 3.05) is 29.9 Å². The number of hydrogen-bond acceptors (Lipinski definition) is 4. The Kier molecular flexibility index (Phi) is 5.95. The maximum Gasteiger partial charge on any atom is 0.306 e. The lowest BCUT2D eigenvalue weighted by atomic mass is 9.89. The van der Waals surface area contributed by atoms with Crippen LogP contribution in [0.1, 0.15) is 38.5 Å². The largest absolute Gasteiger partial charge is 0.481 e. The Morgan fingerprint density at radius 1 is 1.14 bits per heavy atom. The van der Waals surface area contributed by atoms with Gasteiger partial charge in [-0.05, 0) is 50.9 Å². The smallest absolute Gasteiger partial charge is 0.306 e. The number of likely N-dealkylation sites (tertiary alicyclic amines) is 1. The summed E-state index contributed by atoms with van der Waals surface area (Å²) in [6.07, 6.45) is 4.35. The van der Waals surface area contributed by atoms with E-state index in [-0.39, 0.29) is 36.7 Å². The Bertz CT molecular complexity index is 770. The van der Waals surface area contributed by atoms with E-state index in [4.69, 9.17) is 5.11 Å². The summed E-state index contributed by atoms with van der Waals surface area (Å²) in [6.45, 7) is 1.41. The Hall–Kier alpha value is -2.12. The van der Waals surface area contributed by atoms with Gasteiger partial charge in [-0.3, -0.25) is 24.2 Å². The number of carbonyl (C=O) groups excluding carboxylic acids is 2. The molecule has 7 nitrogen and oxygen atoms in total. The van der Waals surface area contributed by atoms with Crippen LogP contribution in [-0.2, 0) is 14.4 Å². The van der Waals surface area contributed by atoms with Crippen molar-refractivity contribution in [3.05, 3.63) is 24.3 Å². The Labute approximate surface area is 170 Å². The van der Waals surface area contributed by atoms with E-state index in [1.165, 1.54) is 0 Å². The first kappa shape index (κ1) is 20.6. The summed E-state index contributed by atoms with van der Waals surface area (Å²) in [7, 11) is 0. The van der Waals surface area contributed by atoms with E-state index < -0.39 is 11.5 Å². The summed E-state index contributed by atoms with van der Waals surface area (Å²) in [4.78, 5) is 41.1. The molecule has 4 rings (SSSR count). The quantitative estimate of drug-likeness (QED) is 0.803. The number of anilines is 2. The predicted molar refractivity (Wildman–Crippen MR) is 108 cm³/mol. The average Bonchev–Trinajstić information content (AvgIpc) is 3.13. The number of nitrogens with one attached hydrogen (secondary N) is 1. The summed E-state index contributed by atoms with van der Waals surface area (Å²) < 4.78 is 0. The molecule has 28 heavy (non-hydrogen) atoms. The van der Waals surface area contributed by atoms with Gasteiger partial charge in [-0.25, -0.2) is 0 Å². The minimum Gasteiger partial charge on any atom is -0.481 e. The van der Waals surface area contributed by atoms with Crippen LogP contribution in [0.5, 0.6) is 0 Å². The van der Waals surface area contributed by atoms with Crippen molar-refractivity contribution >= 4 is 41.6 Å². The summed E-state index contributed by atoms with van der Waals surface area (Å²) in [6, 6.07) is 7.46. The first-order valence-corrected chi connectivity index (χ1v) is 9.70. The van der Waals surface area contributed by atoms with Crippen molar-refractivity contribution in [2.45, 2.75) is 44.1 Å². The Balaban J connectivity index is 0.00000225. The first-order valence-electron chi connectivity index (χ1n) is 9.70. The lowest BCUT2D eigenvalue weighted by Crippen LogP contribution is -2.62. The molecule has 1 saturated heterocycles. The SMILES string of the molecule is Cl.O=C(O)C1CCN(CC(=O)N2c3ccccc3NC(=O)C23CCCC3)CC1. The third-order valence-electron chi connectivity index (χ3n) is 6.22. The molecule has 2 amide bonds. The molecule has 0 radical (unpaired) electrons. The van der Waals surface area contributed by atoms with E-state index in [1.807, 2.05) is 29.2 Å². The molecule has 2 aliphatic heterocycles. The minimum absolute atomic E-state index is 0. The molecule has 2 N–H and O–H groups in total. The zero-order chi connectivity index (χ0) is 19.0. The van der Waals surface area contributed by atoms with Crippen molar-refractivity contribution in [3.8, 4) is 0 Å². The van der Waals surface area contributed by atoms with Gasteiger partial charge in [-0.15, -0.1) is 12.4 Å². The maximum atomic E-state index is 13.3. The van der Waals surface area contributed by atoms with Crippen LogP contribution in [0.25, 0.3) is 0 Å². The van der Waals surface area contributed by atoms with E-state index in [9.17, 15) is 14.4 Å². The van der Waals surface area contributed by atoms with Gasteiger partial charge in [0.1, 0.15) is 5.54 Å². The molecule has 0 atom stereocenters. The van der Waals surface area contributed by atoms with Crippen molar-refractivity contribution < 1.29 is 19.5 Å². The number of nitrogens with zero attached hydrogens (tertiary/aromatic N) is 2. The van der Waals surface area contributed by atoms with Crippen molar-refractivity contribution in [1.29, 1.82) is 0 Å². The van der Waals surface area contributed by atoms with Gasteiger partial charge in [0.25, 0.3) is 5.91 Å². The molecule has 2 heterocycles. The number of carbonyl (C=O) groups is 3. The van der Waals surface area contributed by atoms with E-state index in [2.05, 4.69) is 5.32 Å². The molecule has 152 valence electrons. The van der Waals surface area contributed by atoms with Crippen molar-refractivity contribution in [1.82, 2.24) is 4.90 Å². The summed E-state index contributed by atoms with van der Waals surface area (Å²) in [5.41, 5.74) is 0.660. The molecule has 0 unspecified atom stereocenters. The van der Waals surface area contributed by atoms with Crippen LogP contribution in [0.4, 0.5) is 11.4 Å². The molecule has 1 spiro atoms. The van der Waals surface area contributed by atoms with Crippen LogP contribution < -0.4 is 10.2 Å². The summed E-state index contributed by atoms with van der Waals surface area (Å²) in [5, 5.41) is 12.1. The molecule has 1 saturated carbocycles. The third-order valence-corrected chi connectivity index (χ3v) is 6.22. The van der Waals surface area contributed by atoms with E-state index in [0.717, 1.165) is 18.5 Å². The zero-order valence-corrected chi connectivity index (χ0v) is 16.5. The second-order valence-corrected chi connectivity index (χ2v) is 7.83. The maximum absolute atomic E-state index is 13.3. The zero-order valence-electron chi connectivity index (χ0n) is 15.7. The highest BCUT2D eigenvalue weighted by Gasteiger charge is 2.52. The molecular formula is C20H26ClN3O4. The number of rotatable bonds is 3. The number of piperidine rings is 1. The molecule has 1 aromatic rings. The fourth-order valence-electron chi connectivity index (χ4n) is 4.73. The second kappa shape index (κ2) is 8.09. The molecule has 1 aromatic carbocycles. The highest BCUT2D eigenvalue weighted by Crippen LogP contribution is 2.45. The van der Waals surface area contributed by atoms with Gasteiger partial charge in [0.2, 0.25) is 5.91 Å². The van der Waals surface area contributed by atoms with Crippen LogP contribution in [-0.4, -0.2) is 53.0 Å². The number of carboxylic acids is 1. The number of halogens is 1. The van der Waals surface area contributed by atoms with Crippen LogP contribution >= 0.6 is 12.4 Å². The van der Waals surface area contributed by atoms with Gasteiger partial charge in [-0.1, -0.05) is 25.0 Å². The fourth-order valence-corrected chi connectivity index (χ4v) is 4.73. The van der Waals surface area contributed by atoms with E-state index in [0.29, 0.717) is 44.5 Å². The van der Waals surface area contributed by atoms with E-state index in [1.54, 1.807) is 4.90 Å². The van der Waals surface area contributed by atoms with Gasteiger partial charge in [0.15, 0.2) is 0 Å². The lowest BCUT2D eigenvalue weighted by molar-refractivity contribution is -0.143. The highest BCUT2D eigenvalue weighted by atomic mass is 35.5. The number of aliphatic carboxylic acids is 1. The highest BCUT2D eigenvalue weighted by molar-refractivity contribution is 6.15. The number of para-hydroxylation sites is 2. The van der Waals surface area contributed by atoms with Gasteiger partial charge in [0.05, 0.1) is 23.8 Å². The standard InChI is InChI=1S/C20H25N3O4.ClH/c24-17(13-22-11-7-14(8-12-22)18(25)26)23-16-6-2-1-5-15(16)21-19(27)20(23)9-3-4-10-20;/h1-2,5-6,14H,3-4,7-13H2,(H,21,27)(H,25,26);1H. The van der Waals surface area contributed by atoms with Crippen LogP contribution in [0.3, 0.4) is 0 Å². The molecule has 8 heteroatoms. The Morgan fingerprint density at radius 2 is 1.79 bits per heavy atom. The number of fused-ring (bicyclic) bond motifs is 1. The van der Waals surface area contributed by atoms with Gasteiger partial charge in [0, 0.05) is 0 Å². The second-order valence-electron chi connectivity index (χ2n) is 7.83. The molecular weight excluding hydrogens is 382 g/mol. The number of carboxylic acid groups (broad SMARTS) is 1. The number of hydrogen-bond donors (Lipinski definition) is 2. The van der Waals surface area contributed by atoms with Gasteiger partial charge in [-0.2, -0.15) is 0 Å². The predicted octanol–water partition coefficient (Wildman–Crippen LogP) is 2.50. The van der Waals surface area contributed by atoms with Crippen LogP contribution in [0, 0.1) is 5.92 Å². The summed E-state index contributed by atoms with van der Waals surface area (Å²) >= 11 is 0. The average molecular weight is 408 g/mol. The normalized spacial score (nSPS) is 21.7. The lowest BCUT2D eigenvalue weighted by Gasteiger charge is -2.45. The topological polar surface area (TPSA) is 89.9 Å². The molecule has 0 bridgehead atoms. The van der Waals surface area contributed by atoms with Crippen LogP contribution in [0.2, 0.25) is 0 Å². The number of amides is 2. The minimum atomic E-state index is -0.787. The van der Waals surface area contributed by atoms with E-state index >= 15 is 0 Å². The van der Waals surface area contributed by atoms with Crippen LogP contribution in [0.15, 0.2) is 24.3 Å². The third kappa shape index (κ3) is 3.49. The first-order chi connectivity index (χ1) is 13.0. The molecule has 3 aliphatic rings. The molecule has 0 aromatic heterocycles. The van der Waals surface area contributed by atoms with Crippen molar-refractivity contribution in [3.63, 3.8) is 0 Å².